The van der Waals surface area contributed by atoms with Crippen molar-refractivity contribution in [3.05, 3.63) is 59.9 Å². The van der Waals surface area contributed by atoms with Crippen LogP contribution in [-0.2, 0) is 14.6 Å². The van der Waals surface area contributed by atoms with Crippen molar-refractivity contribution in [2.75, 3.05) is 18.1 Å². The molecule has 0 bridgehead atoms. The highest BCUT2D eigenvalue weighted by atomic mass is 32.2. The minimum absolute atomic E-state index is 0.0532. The Hall–Kier alpha value is -2.74. The number of hydrogen-bond acceptors (Lipinski definition) is 4. The first-order chi connectivity index (χ1) is 12.3. The second kappa shape index (κ2) is 8.57. The molecule has 2 aromatic carbocycles. The van der Waals surface area contributed by atoms with Crippen molar-refractivity contribution >= 4 is 27.3 Å². The third kappa shape index (κ3) is 5.66. The van der Waals surface area contributed by atoms with Crippen LogP contribution in [0.25, 0.3) is 0 Å². The fraction of sp³-hybridized carbons (Fsp3) is 0.222. The van der Waals surface area contributed by atoms with Crippen LogP contribution in [0.5, 0.6) is 0 Å². The summed E-state index contributed by atoms with van der Waals surface area (Å²) in [6.45, 7) is 0.285. The summed E-state index contributed by atoms with van der Waals surface area (Å²) >= 11 is 0. The summed E-state index contributed by atoms with van der Waals surface area (Å²) in [5.41, 5.74) is 0.336. The van der Waals surface area contributed by atoms with Crippen LogP contribution >= 0.6 is 0 Å². The molecule has 0 saturated carbocycles. The molecule has 2 amide bonds. The van der Waals surface area contributed by atoms with Crippen molar-refractivity contribution in [2.45, 2.75) is 17.7 Å². The van der Waals surface area contributed by atoms with Gasteiger partial charge >= 0.3 is 0 Å². The van der Waals surface area contributed by atoms with E-state index in [9.17, 15) is 22.4 Å². The summed E-state index contributed by atoms with van der Waals surface area (Å²) < 4.78 is 36.7. The van der Waals surface area contributed by atoms with E-state index in [1.807, 2.05) is 0 Å². The molecule has 2 N–H and O–H groups in total. The molecule has 2 rings (SSSR count). The van der Waals surface area contributed by atoms with Crippen LogP contribution < -0.4 is 10.6 Å². The number of carbonyl (C=O) groups excluding carboxylic acids is 2. The van der Waals surface area contributed by atoms with Gasteiger partial charge in [0, 0.05) is 24.8 Å². The van der Waals surface area contributed by atoms with Gasteiger partial charge in [-0.1, -0.05) is 18.2 Å². The molecule has 0 fully saturated rings. The molecule has 138 valence electrons. The maximum atomic E-state index is 13.7. The van der Waals surface area contributed by atoms with E-state index < -0.39 is 21.6 Å². The van der Waals surface area contributed by atoms with Gasteiger partial charge in [-0.3, -0.25) is 9.59 Å². The van der Waals surface area contributed by atoms with Crippen LogP contribution in [0.2, 0.25) is 0 Å². The van der Waals surface area contributed by atoms with Gasteiger partial charge in [0.15, 0.2) is 9.84 Å². The Morgan fingerprint density at radius 2 is 1.77 bits per heavy atom. The minimum Gasteiger partial charge on any atom is -0.352 e. The molecule has 0 radical (unpaired) electrons. The molecular weight excluding hydrogens is 359 g/mol. The summed E-state index contributed by atoms with van der Waals surface area (Å²) in [5, 5.41) is 5.04. The molecular formula is C18H19FN2O4S. The molecule has 0 saturated heterocycles. The summed E-state index contributed by atoms with van der Waals surface area (Å²) in [5.74, 6) is -1.43. The predicted octanol–water partition coefficient (Wildman–Crippen LogP) is 2.38. The monoisotopic (exact) mass is 378 g/mol. The van der Waals surface area contributed by atoms with E-state index in [2.05, 4.69) is 10.6 Å². The van der Waals surface area contributed by atoms with Crippen molar-refractivity contribution in [3.63, 3.8) is 0 Å². The molecule has 6 nitrogen and oxygen atoms in total. The molecule has 0 aliphatic heterocycles. The van der Waals surface area contributed by atoms with Crippen molar-refractivity contribution in [3.8, 4) is 0 Å². The summed E-state index contributed by atoms with van der Waals surface area (Å²) in [6.07, 6.45) is 1.41. The average Bonchev–Trinajstić information content (AvgIpc) is 2.60. The van der Waals surface area contributed by atoms with E-state index >= 15 is 0 Å². The maximum absolute atomic E-state index is 13.7. The van der Waals surface area contributed by atoms with Crippen LogP contribution in [0.1, 0.15) is 23.2 Å². The fourth-order valence-electron chi connectivity index (χ4n) is 2.19. The van der Waals surface area contributed by atoms with Gasteiger partial charge in [0.1, 0.15) is 5.82 Å². The van der Waals surface area contributed by atoms with Crippen LogP contribution in [0.3, 0.4) is 0 Å². The maximum Gasteiger partial charge on any atom is 0.251 e. The van der Waals surface area contributed by atoms with Gasteiger partial charge in [0.2, 0.25) is 5.91 Å². The lowest BCUT2D eigenvalue weighted by atomic mass is 10.2. The van der Waals surface area contributed by atoms with E-state index in [4.69, 9.17) is 0 Å². The molecule has 0 aliphatic carbocycles. The average molecular weight is 378 g/mol. The van der Waals surface area contributed by atoms with Crippen LogP contribution in [0.4, 0.5) is 10.1 Å². The number of sulfone groups is 1. The lowest BCUT2D eigenvalue weighted by Crippen LogP contribution is -2.25. The Kier molecular flexibility index (Phi) is 6.46. The molecule has 8 heteroatoms. The van der Waals surface area contributed by atoms with Gasteiger partial charge in [-0.25, -0.2) is 12.8 Å². The number of rotatable bonds is 7. The zero-order chi connectivity index (χ0) is 19.2. The first kappa shape index (κ1) is 19.6. The Labute approximate surface area is 151 Å². The van der Waals surface area contributed by atoms with E-state index in [0.29, 0.717) is 12.0 Å². The minimum atomic E-state index is -3.50. The van der Waals surface area contributed by atoms with E-state index in [0.717, 1.165) is 24.5 Å². The van der Waals surface area contributed by atoms with Gasteiger partial charge in [-0.05, 0) is 36.8 Å². The number of nitrogens with one attached hydrogen (secondary N) is 2. The highest BCUT2D eigenvalue weighted by molar-refractivity contribution is 7.90. The molecule has 0 unspecified atom stereocenters. The zero-order valence-corrected chi connectivity index (χ0v) is 15.0. The molecule has 0 atom stereocenters. The van der Waals surface area contributed by atoms with Crippen molar-refractivity contribution in [1.82, 2.24) is 5.32 Å². The van der Waals surface area contributed by atoms with E-state index in [1.165, 1.54) is 0 Å². The van der Waals surface area contributed by atoms with Gasteiger partial charge in [0.05, 0.1) is 10.6 Å². The normalized spacial score (nSPS) is 11.0. The third-order valence-electron chi connectivity index (χ3n) is 3.54. The van der Waals surface area contributed by atoms with Crippen LogP contribution in [0, 0.1) is 5.82 Å². The Balaban J connectivity index is 1.83. The Morgan fingerprint density at radius 3 is 2.42 bits per heavy atom. The third-order valence-corrected chi connectivity index (χ3v) is 4.65. The van der Waals surface area contributed by atoms with Gasteiger partial charge in [-0.15, -0.1) is 0 Å². The number of benzene rings is 2. The second-order valence-corrected chi connectivity index (χ2v) is 7.70. The standard InChI is InChI=1S/C18H19FN2O4S/c1-26(24,25)14-9-10-15(19)16(12-14)21-17(22)8-5-11-20-18(23)13-6-3-2-4-7-13/h2-4,6-7,9-10,12H,5,8,11H2,1H3,(H,20,23)(H,21,22). The highest BCUT2D eigenvalue weighted by Gasteiger charge is 2.13. The Morgan fingerprint density at radius 1 is 1.08 bits per heavy atom. The molecule has 0 spiro atoms. The molecule has 0 heterocycles. The number of carbonyl (C=O) groups is 2. The van der Waals surface area contributed by atoms with Crippen molar-refractivity contribution in [1.29, 1.82) is 0 Å². The van der Waals surface area contributed by atoms with Crippen molar-refractivity contribution < 1.29 is 22.4 Å². The summed E-state index contributed by atoms with van der Waals surface area (Å²) in [6, 6.07) is 11.9. The lowest BCUT2D eigenvalue weighted by Gasteiger charge is -2.09. The molecule has 2 aromatic rings. The highest BCUT2D eigenvalue weighted by Crippen LogP contribution is 2.19. The van der Waals surface area contributed by atoms with Crippen molar-refractivity contribution in [2.24, 2.45) is 0 Å². The lowest BCUT2D eigenvalue weighted by molar-refractivity contribution is -0.116. The smallest absolute Gasteiger partial charge is 0.251 e. The molecule has 0 aromatic heterocycles. The first-order valence-electron chi connectivity index (χ1n) is 7.90. The molecule has 0 aliphatic rings. The number of anilines is 1. The fourth-order valence-corrected chi connectivity index (χ4v) is 2.83. The largest absolute Gasteiger partial charge is 0.352 e. The first-order valence-corrected chi connectivity index (χ1v) is 9.79. The summed E-state index contributed by atoms with van der Waals surface area (Å²) in [7, 11) is -3.50. The topological polar surface area (TPSA) is 92.3 Å². The van der Waals surface area contributed by atoms with E-state index in [-0.39, 0.29) is 29.5 Å². The number of halogens is 1. The van der Waals surface area contributed by atoms with Gasteiger partial charge in [0.25, 0.3) is 5.91 Å². The van der Waals surface area contributed by atoms with Crippen LogP contribution in [0.15, 0.2) is 53.4 Å². The second-order valence-electron chi connectivity index (χ2n) is 5.69. The SMILES string of the molecule is CS(=O)(=O)c1ccc(F)c(NC(=O)CCCNC(=O)c2ccccc2)c1. The van der Waals surface area contributed by atoms with E-state index in [1.54, 1.807) is 30.3 Å². The zero-order valence-electron chi connectivity index (χ0n) is 14.2. The van der Waals surface area contributed by atoms with Crippen LogP contribution in [-0.4, -0.2) is 33.0 Å². The quantitative estimate of drug-likeness (QED) is 0.572. The van der Waals surface area contributed by atoms with Gasteiger partial charge < -0.3 is 10.6 Å². The Bertz CT molecular complexity index is 899. The molecule has 26 heavy (non-hydrogen) atoms. The number of hydrogen-bond donors (Lipinski definition) is 2. The summed E-state index contributed by atoms with van der Waals surface area (Å²) in [4.78, 5) is 23.7. The number of amides is 2. The predicted molar refractivity (Wildman–Crippen MR) is 96.1 cm³/mol. The van der Waals surface area contributed by atoms with Gasteiger partial charge in [-0.2, -0.15) is 0 Å².